The van der Waals surface area contributed by atoms with Gasteiger partial charge in [-0.05, 0) is 13.0 Å². The topological polar surface area (TPSA) is 118 Å². The summed E-state index contributed by atoms with van der Waals surface area (Å²) in [7, 11) is 0. The number of rotatable bonds is 6. The van der Waals surface area contributed by atoms with Crippen molar-refractivity contribution in [1.29, 1.82) is 5.41 Å². The first-order valence-corrected chi connectivity index (χ1v) is 7.79. The van der Waals surface area contributed by atoms with Gasteiger partial charge in [0.2, 0.25) is 0 Å². The van der Waals surface area contributed by atoms with Crippen LogP contribution < -0.4 is 5.73 Å². The number of nitrogens with one attached hydrogen (secondary N) is 2. The molecule has 0 unspecified atom stereocenters. The number of H-pyrrole nitrogens is 1. The number of hydrogen-bond acceptors (Lipinski definition) is 5. The zero-order valence-electron chi connectivity index (χ0n) is 13.5. The standard InChI is InChI=1S/C15H25N7O/c1-2-3-12-10-15(20-19-12)18-13(16)11-14(17)22-6-4-21(5-7-22)8-9-23/h2-3,10,17,23H,4-9,11H2,1H3,(H3,16,18,19,20)/b3-2-,17-14?. The van der Waals surface area contributed by atoms with Gasteiger partial charge in [0.25, 0.3) is 0 Å². The number of nitrogens with zero attached hydrogens (tertiary/aromatic N) is 4. The van der Waals surface area contributed by atoms with Gasteiger partial charge in [-0.2, -0.15) is 5.10 Å². The van der Waals surface area contributed by atoms with Gasteiger partial charge in [0.05, 0.1) is 18.7 Å². The Balaban J connectivity index is 1.85. The number of nitrogens with two attached hydrogens (primary N) is 1. The van der Waals surface area contributed by atoms with E-state index in [0.29, 0.717) is 30.5 Å². The smallest absolute Gasteiger partial charge is 0.175 e. The number of amidine groups is 2. The molecule has 1 aromatic heterocycles. The molecule has 5 N–H and O–H groups in total. The highest BCUT2D eigenvalue weighted by Crippen LogP contribution is 2.11. The lowest BCUT2D eigenvalue weighted by Crippen LogP contribution is -2.49. The molecule has 0 aromatic carbocycles. The van der Waals surface area contributed by atoms with E-state index in [0.717, 1.165) is 31.9 Å². The van der Waals surface area contributed by atoms with Gasteiger partial charge < -0.3 is 15.7 Å². The third-order valence-corrected chi connectivity index (χ3v) is 3.71. The Morgan fingerprint density at radius 3 is 2.87 bits per heavy atom. The fourth-order valence-electron chi connectivity index (χ4n) is 2.50. The average Bonchev–Trinajstić information content (AvgIpc) is 2.95. The highest BCUT2D eigenvalue weighted by atomic mass is 16.3. The molecule has 0 aliphatic carbocycles. The minimum atomic E-state index is 0.177. The molecule has 0 radical (unpaired) electrons. The van der Waals surface area contributed by atoms with Gasteiger partial charge >= 0.3 is 0 Å². The first kappa shape index (κ1) is 17.2. The number of hydrogen-bond donors (Lipinski definition) is 4. The zero-order chi connectivity index (χ0) is 16.7. The summed E-state index contributed by atoms with van der Waals surface area (Å²) in [5, 5.41) is 24.0. The van der Waals surface area contributed by atoms with Crippen LogP contribution in [0.4, 0.5) is 5.82 Å². The van der Waals surface area contributed by atoms with E-state index in [1.807, 2.05) is 30.0 Å². The van der Waals surface area contributed by atoms with Gasteiger partial charge in [0.15, 0.2) is 5.82 Å². The van der Waals surface area contributed by atoms with Crippen molar-refractivity contribution < 1.29 is 5.11 Å². The maximum absolute atomic E-state index is 8.95. The molecule has 0 amide bonds. The molecule has 0 spiro atoms. The van der Waals surface area contributed by atoms with Crippen molar-refractivity contribution in [3.63, 3.8) is 0 Å². The summed E-state index contributed by atoms with van der Waals surface area (Å²) >= 11 is 0. The Labute approximate surface area is 136 Å². The van der Waals surface area contributed by atoms with Gasteiger partial charge in [-0.25, -0.2) is 4.99 Å². The predicted molar refractivity (Wildman–Crippen MR) is 92.0 cm³/mol. The molecule has 1 saturated heterocycles. The number of β-amino-alcohol motifs (C(OH)–C–C–N with tert-alkyl or cyclic N) is 1. The van der Waals surface area contributed by atoms with E-state index in [1.165, 1.54) is 0 Å². The summed E-state index contributed by atoms with van der Waals surface area (Å²) in [6.45, 7) is 6.06. The van der Waals surface area contributed by atoms with Crippen molar-refractivity contribution in [3.05, 3.63) is 17.8 Å². The van der Waals surface area contributed by atoms with E-state index in [2.05, 4.69) is 20.1 Å². The minimum absolute atomic E-state index is 0.177. The van der Waals surface area contributed by atoms with Crippen LogP contribution in [0.5, 0.6) is 0 Å². The van der Waals surface area contributed by atoms with E-state index in [4.69, 9.17) is 16.2 Å². The van der Waals surface area contributed by atoms with Crippen molar-refractivity contribution >= 4 is 23.6 Å². The molecule has 23 heavy (non-hydrogen) atoms. The van der Waals surface area contributed by atoms with Crippen molar-refractivity contribution in [2.45, 2.75) is 13.3 Å². The largest absolute Gasteiger partial charge is 0.395 e. The summed E-state index contributed by atoms with van der Waals surface area (Å²) in [5.41, 5.74) is 6.81. The molecule has 1 fully saturated rings. The minimum Gasteiger partial charge on any atom is -0.395 e. The molecule has 126 valence electrons. The van der Waals surface area contributed by atoms with Crippen LogP contribution in [-0.4, -0.2) is 76.1 Å². The highest BCUT2D eigenvalue weighted by Gasteiger charge is 2.19. The number of aliphatic hydroxyl groups is 1. The van der Waals surface area contributed by atoms with Crippen LogP contribution in [0.2, 0.25) is 0 Å². The fraction of sp³-hybridized carbons (Fsp3) is 0.533. The van der Waals surface area contributed by atoms with Crippen molar-refractivity contribution in [1.82, 2.24) is 20.0 Å². The van der Waals surface area contributed by atoms with Gasteiger partial charge in [-0.3, -0.25) is 15.4 Å². The fourth-order valence-corrected chi connectivity index (χ4v) is 2.50. The third-order valence-electron chi connectivity index (χ3n) is 3.71. The maximum atomic E-state index is 8.95. The first-order valence-electron chi connectivity index (χ1n) is 7.79. The van der Waals surface area contributed by atoms with Crippen LogP contribution in [0.1, 0.15) is 19.0 Å². The molecule has 8 nitrogen and oxygen atoms in total. The molecule has 2 rings (SSSR count). The Morgan fingerprint density at radius 2 is 2.22 bits per heavy atom. The summed E-state index contributed by atoms with van der Waals surface area (Å²) in [5.74, 6) is 1.38. The summed E-state index contributed by atoms with van der Waals surface area (Å²) < 4.78 is 0. The van der Waals surface area contributed by atoms with Crippen LogP contribution in [0.3, 0.4) is 0 Å². The number of aliphatic imine (C=N–C) groups is 1. The maximum Gasteiger partial charge on any atom is 0.175 e. The van der Waals surface area contributed by atoms with Crippen molar-refractivity contribution in [2.75, 3.05) is 39.3 Å². The number of aliphatic hydroxyl groups excluding tert-OH is 1. The van der Waals surface area contributed by atoms with Gasteiger partial charge in [0, 0.05) is 38.8 Å². The Morgan fingerprint density at radius 1 is 1.48 bits per heavy atom. The number of aromatic nitrogens is 2. The van der Waals surface area contributed by atoms with Crippen molar-refractivity contribution in [3.8, 4) is 0 Å². The molecule has 0 bridgehead atoms. The van der Waals surface area contributed by atoms with E-state index < -0.39 is 0 Å². The lowest BCUT2D eigenvalue weighted by Gasteiger charge is -2.35. The second-order valence-electron chi connectivity index (χ2n) is 5.46. The molecule has 2 heterocycles. The Bertz CT molecular complexity index is 570. The SMILES string of the molecule is C/C=C\c1cc(N=C(N)CC(=N)N2CCN(CCO)CC2)n[nH]1. The lowest BCUT2D eigenvalue weighted by atomic mass is 10.2. The van der Waals surface area contributed by atoms with Gasteiger partial charge in [-0.1, -0.05) is 6.08 Å². The summed E-state index contributed by atoms with van der Waals surface area (Å²) in [6, 6.07) is 1.81. The van der Waals surface area contributed by atoms with Crippen LogP contribution in [0.15, 0.2) is 17.1 Å². The average molecular weight is 319 g/mol. The number of allylic oxidation sites excluding steroid dienone is 1. The summed E-state index contributed by atoms with van der Waals surface area (Å²) in [6.07, 6.45) is 4.12. The van der Waals surface area contributed by atoms with E-state index in [9.17, 15) is 0 Å². The molecule has 1 aliphatic heterocycles. The van der Waals surface area contributed by atoms with E-state index >= 15 is 0 Å². The third kappa shape index (κ3) is 5.19. The molecular formula is C15H25N7O. The molecule has 8 heteroatoms. The van der Waals surface area contributed by atoms with E-state index in [1.54, 1.807) is 0 Å². The molecule has 1 aromatic rings. The quantitative estimate of drug-likeness (QED) is 0.447. The van der Waals surface area contributed by atoms with Crippen LogP contribution in [0.25, 0.3) is 6.08 Å². The second kappa shape index (κ2) is 8.44. The van der Waals surface area contributed by atoms with E-state index in [-0.39, 0.29) is 6.61 Å². The molecular weight excluding hydrogens is 294 g/mol. The zero-order valence-corrected chi connectivity index (χ0v) is 13.5. The van der Waals surface area contributed by atoms with Gasteiger partial charge in [-0.15, -0.1) is 0 Å². The number of piperazine rings is 1. The van der Waals surface area contributed by atoms with Crippen LogP contribution in [0, 0.1) is 5.41 Å². The predicted octanol–water partition coefficient (Wildman–Crippen LogP) is 0.409. The highest BCUT2D eigenvalue weighted by molar-refractivity contribution is 6.01. The lowest BCUT2D eigenvalue weighted by molar-refractivity contribution is 0.146. The molecule has 1 aliphatic rings. The van der Waals surface area contributed by atoms with Gasteiger partial charge in [0.1, 0.15) is 11.7 Å². The summed E-state index contributed by atoms with van der Waals surface area (Å²) in [4.78, 5) is 8.44. The Kier molecular flexibility index (Phi) is 6.30. The van der Waals surface area contributed by atoms with Crippen LogP contribution in [-0.2, 0) is 0 Å². The normalized spacial score (nSPS) is 17.1. The monoisotopic (exact) mass is 319 g/mol. The Hall–Kier alpha value is -2.19. The first-order chi connectivity index (χ1) is 11.1. The number of aromatic amines is 1. The molecule has 0 saturated carbocycles. The molecule has 0 atom stereocenters. The second-order valence-corrected chi connectivity index (χ2v) is 5.46. The van der Waals surface area contributed by atoms with Crippen molar-refractivity contribution in [2.24, 2.45) is 10.7 Å². The van der Waals surface area contributed by atoms with Crippen LogP contribution >= 0.6 is 0 Å².